The normalized spacial score (nSPS) is 19.9. The summed E-state index contributed by atoms with van der Waals surface area (Å²) < 4.78 is 1.70. The van der Waals surface area contributed by atoms with Gasteiger partial charge in [0.05, 0.1) is 0 Å². The summed E-state index contributed by atoms with van der Waals surface area (Å²) >= 11 is 0. The first kappa shape index (κ1) is 17.2. The van der Waals surface area contributed by atoms with Crippen molar-refractivity contribution in [3.63, 3.8) is 0 Å². The van der Waals surface area contributed by atoms with E-state index in [2.05, 4.69) is 32.2 Å². The molecule has 0 aliphatic carbocycles. The molecule has 1 unspecified atom stereocenters. The van der Waals surface area contributed by atoms with E-state index in [1.54, 1.807) is 4.68 Å². The van der Waals surface area contributed by atoms with Gasteiger partial charge in [-0.2, -0.15) is 5.10 Å². The van der Waals surface area contributed by atoms with Crippen molar-refractivity contribution in [2.24, 2.45) is 17.8 Å². The number of hydrogen-bond acceptors (Lipinski definition) is 4. The van der Waals surface area contributed by atoms with Gasteiger partial charge in [-0.05, 0) is 25.9 Å². The van der Waals surface area contributed by atoms with Crippen molar-refractivity contribution in [1.29, 1.82) is 0 Å². The number of rotatable bonds is 5. The maximum Gasteiger partial charge on any atom is 0.189 e. The van der Waals surface area contributed by atoms with Crippen LogP contribution < -0.4 is 11.1 Å². The van der Waals surface area contributed by atoms with Crippen LogP contribution in [0, 0.1) is 0 Å². The van der Waals surface area contributed by atoms with E-state index < -0.39 is 0 Å². The molecule has 20 heavy (non-hydrogen) atoms. The van der Waals surface area contributed by atoms with Crippen LogP contribution in [0.2, 0.25) is 0 Å². The van der Waals surface area contributed by atoms with Crippen LogP contribution in [0.5, 0.6) is 0 Å². The van der Waals surface area contributed by atoms with Crippen LogP contribution in [0.4, 0.5) is 0 Å². The van der Waals surface area contributed by atoms with Crippen LogP contribution in [-0.4, -0.2) is 51.3 Å². The first-order valence-corrected chi connectivity index (χ1v) is 6.81. The molecule has 0 amide bonds. The van der Waals surface area contributed by atoms with Gasteiger partial charge in [-0.1, -0.05) is 6.92 Å². The van der Waals surface area contributed by atoms with E-state index in [1.807, 2.05) is 7.05 Å². The summed E-state index contributed by atoms with van der Waals surface area (Å²) in [6.07, 6.45) is 4.03. The standard InChI is InChI=1S/C12H23N7.HI/c1-3-19-6-4-5-10(19)7-14-12(13)15-8-11-16-9-17-18(11)2;/h9-10H,3-8H2,1-2H3,(H3,13,14,15);1H. The fourth-order valence-electron chi connectivity index (χ4n) is 2.44. The molecule has 114 valence electrons. The maximum atomic E-state index is 5.87. The van der Waals surface area contributed by atoms with Crippen LogP contribution in [0.15, 0.2) is 11.3 Å². The van der Waals surface area contributed by atoms with Crippen molar-refractivity contribution >= 4 is 29.9 Å². The summed E-state index contributed by atoms with van der Waals surface area (Å²) in [6, 6.07) is 0.577. The van der Waals surface area contributed by atoms with Crippen LogP contribution >= 0.6 is 24.0 Å². The second kappa shape index (κ2) is 8.40. The lowest BCUT2D eigenvalue weighted by Crippen LogP contribution is -2.42. The molecule has 8 heteroatoms. The Hall–Kier alpha value is -0.900. The van der Waals surface area contributed by atoms with E-state index in [0.29, 0.717) is 18.5 Å². The van der Waals surface area contributed by atoms with Gasteiger partial charge in [0.1, 0.15) is 18.7 Å². The van der Waals surface area contributed by atoms with Gasteiger partial charge in [-0.25, -0.2) is 9.98 Å². The smallest absolute Gasteiger partial charge is 0.189 e. The lowest BCUT2D eigenvalue weighted by atomic mass is 10.2. The Morgan fingerprint density at radius 1 is 1.60 bits per heavy atom. The summed E-state index contributed by atoms with van der Waals surface area (Å²) in [6.45, 7) is 5.81. The lowest BCUT2D eigenvalue weighted by molar-refractivity contribution is 0.267. The molecular formula is C12H24IN7. The van der Waals surface area contributed by atoms with Crippen molar-refractivity contribution in [2.45, 2.75) is 32.4 Å². The lowest BCUT2D eigenvalue weighted by Gasteiger charge is -2.23. The molecule has 1 aromatic heterocycles. The number of nitrogens with one attached hydrogen (secondary N) is 1. The molecule has 1 aliphatic rings. The van der Waals surface area contributed by atoms with Gasteiger partial charge >= 0.3 is 0 Å². The Labute approximate surface area is 137 Å². The number of nitrogens with two attached hydrogens (primary N) is 1. The van der Waals surface area contributed by atoms with Crippen molar-refractivity contribution < 1.29 is 0 Å². The summed E-state index contributed by atoms with van der Waals surface area (Å²) in [7, 11) is 1.85. The van der Waals surface area contributed by atoms with Crippen molar-refractivity contribution in [3.8, 4) is 0 Å². The number of hydrogen-bond donors (Lipinski definition) is 2. The monoisotopic (exact) mass is 393 g/mol. The highest BCUT2D eigenvalue weighted by atomic mass is 127. The number of guanidine groups is 1. The molecule has 1 saturated heterocycles. The molecule has 1 aromatic rings. The van der Waals surface area contributed by atoms with Crippen LogP contribution in [0.1, 0.15) is 25.6 Å². The zero-order valence-electron chi connectivity index (χ0n) is 12.1. The Balaban J connectivity index is 0.00000200. The zero-order valence-corrected chi connectivity index (χ0v) is 14.4. The fourth-order valence-corrected chi connectivity index (χ4v) is 2.44. The number of aryl methyl sites for hydroxylation is 1. The fraction of sp³-hybridized carbons (Fsp3) is 0.750. The molecule has 1 atom stereocenters. The van der Waals surface area contributed by atoms with Gasteiger partial charge in [0.15, 0.2) is 5.96 Å². The minimum atomic E-state index is 0. The SMILES string of the molecule is CCN1CCCC1CNC(N)=NCc1ncnn1C.I. The van der Waals surface area contributed by atoms with Crippen molar-refractivity contribution in [3.05, 3.63) is 12.2 Å². The van der Waals surface area contributed by atoms with Crippen LogP contribution in [-0.2, 0) is 13.6 Å². The minimum absolute atomic E-state index is 0. The average Bonchev–Trinajstić information content (AvgIpc) is 3.02. The van der Waals surface area contributed by atoms with Gasteiger partial charge in [-0.3, -0.25) is 9.58 Å². The molecule has 1 aliphatic heterocycles. The molecule has 0 bridgehead atoms. The highest BCUT2D eigenvalue weighted by molar-refractivity contribution is 14.0. The minimum Gasteiger partial charge on any atom is -0.370 e. The Morgan fingerprint density at radius 2 is 2.40 bits per heavy atom. The van der Waals surface area contributed by atoms with E-state index >= 15 is 0 Å². The molecule has 2 heterocycles. The highest BCUT2D eigenvalue weighted by Crippen LogP contribution is 2.15. The molecule has 7 nitrogen and oxygen atoms in total. The van der Waals surface area contributed by atoms with E-state index in [0.717, 1.165) is 18.9 Å². The van der Waals surface area contributed by atoms with E-state index in [9.17, 15) is 0 Å². The second-order valence-electron chi connectivity index (χ2n) is 4.81. The summed E-state index contributed by atoms with van der Waals surface area (Å²) in [4.78, 5) is 10.9. The van der Waals surface area contributed by atoms with Crippen molar-refractivity contribution in [1.82, 2.24) is 25.0 Å². The predicted octanol–water partition coefficient (Wildman–Crippen LogP) is 0.322. The highest BCUT2D eigenvalue weighted by Gasteiger charge is 2.22. The average molecular weight is 393 g/mol. The number of aromatic nitrogens is 3. The summed E-state index contributed by atoms with van der Waals surface area (Å²) in [5.41, 5.74) is 5.87. The first-order chi connectivity index (χ1) is 9.20. The second-order valence-corrected chi connectivity index (χ2v) is 4.81. The third kappa shape index (κ3) is 4.58. The number of likely N-dealkylation sites (N-methyl/N-ethyl adjacent to an activating group) is 1. The van der Waals surface area contributed by atoms with E-state index in [4.69, 9.17) is 5.73 Å². The topological polar surface area (TPSA) is 84.4 Å². The molecule has 1 fully saturated rings. The molecule has 0 spiro atoms. The Kier molecular flexibility index (Phi) is 7.20. The Bertz CT molecular complexity index is 431. The molecular weight excluding hydrogens is 369 g/mol. The van der Waals surface area contributed by atoms with E-state index in [-0.39, 0.29) is 24.0 Å². The van der Waals surface area contributed by atoms with Crippen LogP contribution in [0.25, 0.3) is 0 Å². The molecule has 0 saturated carbocycles. The van der Waals surface area contributed by atoms with Gasteiger partial charge in [0.2, 0.25) is 0 Å². The van der Waals surface area contributed by atoms with Crippen molar-refractivity contribution in [2.75, 3.05) is 19.6 Å². The van der Waals surface area contributed by atoms with E-state index in [1.165, 1.54) is 25.7 Å². The van der Waals surface area contributed by atoms with Gasteiger partial charge in [0, 0.05) is 19.6 Å². The summed E-state index contributed by atoms with van der Waals surface area (Å²) in [5.74, 6) is 1.28. The van der Waals surface area contributed by atoms with Gasteiger partial charge < -0.3 is 11.1 Å². The molecule has 0 aromatic carbocycles. The van der Waals surface area contributed by atoms with Gasteiger partial charge in [0.25, 0.3) is 0 Å². The quantitative estimate of drug-likeness (QED) is 0.428. The Morgan fingerprint density at radius 3 is 3.05 bits per heavy atom. The third-order valence-corrected chi connectivity index (χ3v) is 3.62. The van der Waals surface area contributed by atoms with Crippen LogP contribution in [0.3, 0.4) is 0 Å². The predicted molar refractivity (Wildman–Crippen MR) is 90.0 cm³/mol. The third-order valence-electron chi connectivity index (χ3n) is 3.62. The first-order valence-electron chi connectivity index (χ1n) is 6.81. The number of nitrogens with zero attached hydrogens (tertiary/aromatic N) is 5. The zero-order chi connectivity index (χ0) is 13.7. The maximum absolute atomic E-state index is 5.87. The largest absolute Gasteiger partial charge is 0.370 e. The molecule has 2 rings (SSSR count). The number of likely N-dealkylation sites (tertiary alicyclic amines) is 1. The van der Waals surface area contributed by atoms with Gasteiger partial charge in [-0.15, -0.1) is 24.0 Å². The number of halogens is 1. The molecule has 0 radical (unpaired) electrons. The number of aliphatic imine (C=N–C) groups is 1. The summed E-state index contributed by atoms with van der Waals surface area (Å²) in [5, 5.41) is 7.19. The molecule has 3 N–H and O–H groups in total.